The van der Waals surface area contributed by atoms with E-state index in [1.54, 1.807) is 6.26 Å². The first-order chi connectivity index (χ1) is 6.74. The Balaban J connectivity index is 2.44. The van der Waals surface area contributed by atoms with Gasteiger partial charge < -0.3 is 9.47 Å². The average molecular weight is 198 g/mol. The summed E-state index contributed by atoms with van der Waals surface area (Å²) in [5.41, 5.74) is 0. The van der Waals surface area contributed by atoms with Crippen molar-refractivity contribution in [3.8, 4) is 0 Å². The predicted molar refractivity (Wildman–Crippen MR) is 53.7 cm³/mol. The number of carbonyl (C=O) groups is 1. The molecule has 14 heavy (non-hydrogen) atoms. The van der Waals surface area contributed by atoms with Gasteiger partial charge in [0.2, 0.25) is 0 Å². The standard InChI is InChI=1S/C11H18O3/c1-3-4-5-10-6-7-13-8-11(10)14-9(2)12/h6-7,10-11H,3-5,8H2,1-2H3/t10-,11-/m1/s1. The number of esters is 1. The Hall–Kier alpha value is -0.990. The molecule has 3 heteroatoms. The molecule has 0 aromatic heterocycles. The van der Waals surface area contributed by atoms with Crippen LogP contribution in [0.3, 0.4) is 0 Å². The van der Waals surface area contributed by atoms with Crippen molar-refractivity contribution in [2.75, 3.05) is 6.61 Å². The smallest absolute Gasteiger partial charge is 0.303 e. The van der Waals surface area contributed by atoms with Gasteiger partial charge in [0.25, 0.3) is 0 Å². The average Bonchev–Trinajstić information content (AvgIpc) is 2.16. The molecule has 1 aliphatic heterocycles. The molecule has 0 aromatic rings. The van der Waals surface area contributed by atoms with Gasteiger partial charge >= 0.3 is 5.97 Å². The van der Waals surface area contributed by atoms with E-state index in [0.29, 0.717) is 12.5 Å². The van der Waals surface area contributed by atoms with Crippen molar-refractivity contribution in [1.82, 2.24) is 0 Å². The Morgan fingerprint density at radius 3 is 3.07 bits per heavy atom. The Kier molecular flexibility index (Phi) is 4.50. The minimum Gasteiger partial charge on any atom is -0.498 e. The summed E-state index contributed by atoms with van der Waals surface area (Å²) >= 11 is 0. The molecule has 1 heterocycles. The first kappa shape index (κ1) is 11.1. The molecule has 0 saturated heterocycles. The monoisotopic (exact) mass is 198 g/mol. The topological polar surface area (TPSA) is 35.5 Å². The molecule has 0 N–H and O–H groups in total. The van der Waals surface area contributed by atoms with Gasteiger partial charge in [-0.25, -0.2) is 0 Å². The van der Waals surface area contributed by atoms with Crippen LogP contribution < -0.4 is 0 Å². The van der Waals surface area contributed by atoms with Crippen molar-refractivity contribution >= 4 is 5.97 Å². The second-order valence-electron chi connectivity index (χ2n) is 3.62. The quantitative estimate of drug-likeness (QED) is 0.650. The molecule has 0 spiro atoms. The third-order valence-corrected chi connectivity index (χ3v) is 2.37. The highest BCUT2D eigenvalue weighted by atomic mass is 16.6. The lowest BCUT2D eigenvalue weighted by Crippen LogP contribution is -2.31. The van der Waals surface area contributed by atoms with E-state index in [0.717, 1.165) is 19.3 Å². The summed E-state index contributed by atoms with van der Waals surface area (Å²) in [7, 11) is 0. The lowest BCUT2D eigenvalue weighted by Gasteiger charge is -2.26. The highest BCUT2D eigenvalue weighted by molar-refractivity contribution is 5.66. The summed E-state index contributed by atoms with van der Waals surface area (Å²) in [4.78, 5) is 10.8. The molecular formula is C11H18O3. The molecule has 80 valence electrons. The first-order valence-electron chi connectivity index (χ1n) is 5.19. The van der Waals surface area contributed by atoms with Gasteiger partial charge in [-0.05, 0) is 12.5 Å². The molecule has 0 aromatic carbocycles. The van der Waals surface area contributed by atoms with E-state index in [-0.39, 0.29) is 12.1 Å². The Bertz CT molecular complexity index is 211. The van der Waals surface area contributed by atoms with E-state index in [1.807, 2.05) is 6.08 Å². The third-order valence-electron chi connectivity index (χ3n) is 2.37. The van der Waals surface area contributed by atoms with Crippen molar-refractivity contribution < 1.29 is 14.3 Å². The maximum atomic E-state index is 10.8. The predicted octanol–water partition coefficient (Wildman–Crippen LogP) is 2.27. The van der Waals surface area contributed by atoms with Gasteiger partial charge in [-0.2, -0.15) is 0 Å². The number of rotatable bonds is 4. The lowest BCUT2D eigenvalue weighted by molar-refractivity contribution is -0.151. The molecule has 3 nitrogen and oxygen atoms in total. The molecule has 0 aliphatic carbocycles. The lowest BCUT2D eigenvalue weighted by atomic mass is 9.95. The number of carbonyl (C=O) groups excluding carboxylic acids is 1. The van der Waals surface area contributed by atoms with Gasteiger partial charge in [-0.15, -0.1) is 0 Å². The minimum atomic E-state index is -0.226. The second kappa shape index (κ2) is 5.68. The van der Waals surface area contributed by atoms with Crippen LogP contribution in [0.15, 0.2) is 12.3 Å². The fraction of sp³-hybridized carbons (Fsp3) is 0.727. The van der Waals surface area contributed by atoms with E-state index < -0.39 is 0 Å². The summed E-state index contributed by atoms with van der Waals surface area (Å²) in [6.45, 7) is 4.09. The summed E-state index contributed by atoms with van der Waals surface area (Å²) in [6, 6.07) is 0. The second-order valence-corrected chi connectivity index (χ2v) is 3.62. The number of hydrogen-bond acceptors (Lipinski definition) is 3. The normalized spacial score (nSPS) is 25.6. The van der Waals surface area contributed by atoms with E-state index in [2.05, 4.69) is 6.92 Å². The van der Waals surface area contributed by atoms with Gasteiger partial charge in [0.1, 0.15) is 12.7 Å². The number of unbranched alkanes of at least 4 members (excludes halogenated alkanes) is 1. The summed E-state index contributed by atoms with van der Waals surface area (Å²) in [6.07, 6.45) is 7.00. The summed E-state index contributed by atoms with van der Waals surface area (Å²) < 4.78 is 10.3. The first-order valence-corrected chi connectivity index (χ1v) is 5.19. The van der Waals surface area contributed by atoms with Gasteiger partial charge in [-0.1, -0.05) is 19.8 Å². The summed E-state index contributed by atoms with van der Waals surface area (Å²) in [5, 5.41) is 0. The molecule has 0 amide bonds. The van der Waals surface area contributed by atoms with E-state index in [4.69, 9.17) is 9.47 Å². The molecule has 0 saturated carbocycles. The highest BCUT2D eigenvalue weighted by Crippen LogP contribution is 2.21. The van der Waals surface area contributed by atoms with Crippen LogP contribution in [0.4, 0.5) is 0 Å². The van der Waals surface area contributed by atoms with Crippen LogP contribution in [0.1, 0.15) is 33.1 Å². The molecule has 0 radical (unpaired) electrons. The van der Waals surface area contributed by atoms with Gasteiger partial charge in [0, 0.05) is 12.8 Å². The van der Waals surface area contributed by atoms with Crippen molar-refractivity contribution in [2.24, 2.45) is 5.92 Å². The molecule has 0 bridgehead atoms. The van der Waals surface area contributed by atoms with Crippen LogP contribution in [0, 0.1) is 5.92 Å². The van der Waals surface area contributed by atoms with Crippen LogP contribution in [-0.4, -0.2) is 18.7 Å². The van der Waals surface area contributed by atoms with Crippen molar-refractivity contribution in [1.29, 1.82) is 0 Å². The van der Waals surface area contributed by atoms with Crippen molar-refractivity contribution in [3.63, 3.8) is 0 Å². The van der Waals surface area contributed by atoms with Crippen molar-refractivity contribution in [2.45, 2.75) is 39.2 Å². The largest absolute Gasteiger partial charge is 0.498 e. The van der Waals surface area contributed by atoms with Crippen LogP contribution in [-0.2, 0) is 14.3 Å². The maximum absolute atomic E-state index is 10.8. The molecule has 0 unspecified atom stereocenters. The number of hydrogen-bond donors (Lipinski definition) is 0. The van der Waals surface area contributed by atoms with Crippen LogP contribution in [0.25, 0.3) is 0 Å². The fourth-order valence-corrected chi connectivity index (χ4v) is 1.61. The van der Waals surface area contributed by atoms with Crippen LogP contribution in [0.2, 0.25) is 0 Å². The van der Waals surface area contributed by atoms with Gasteiger partial charge in [-0.3, -0.25) is 4.79 Å². The minimum absolute atomic E-state index is 0.0935. The number of ether oxygens (including phenoxy) is 2. The van der Waals surface area contributed by atoms with E-state index >= 15 is 0 Å². The van der Waals surface area contributed by atoms with Gasteiger partial charge in [0.05, 0.1) is 6.26 Å². The Morgan fingerprint density at radius 1 is 1.64 bits per heavy atom. The molecule has 0 fully saturated rings. The molecule has 2 atom stereocenters. The SMILES string of the molecule is CCCC[C@@H]1C=COC[C@H]1OC(C)=O. The molecule has 1 rings (SSSR count). The zero-order chi connectivity index (χ0) is 10.4. The molecule has 1 aliphatic rings. The van der Waals surface area contributed by atoms with Crippen LogP contribution in [0.5, 0.6) is 0 Å². The van der Waals surface area contributed by atoms with E-state index in [9.17, 15) is 4.79 Å². The van der Waals surface area contributed by atoms with Gasteiger partial charge in [0.15, 0.2) is 0 Å². The maximum Gasteiger partial charge on any atom is 0.303 e. The Morgan fingerprint density at radius 2 is 2.43 bits per heavy atom. The third kappa shape index (κ3) is 3.40. The van der Waals surface area contributed by atoms with E-state index in [1.165, 1.54) is 6.92 Å². The Labute approximate surface area is 85.1 Å². The van der Waals surface area contributed by atoms with Crippen LogP contribution >= 0.6 is 0 Å². The zero-order valence-electron chi connectivity index (χ0n) is 8.86. The fourth-order valence-electron chi connectivity index (χ4n) is 1.61. The summed E-state index contributed by atoms with van der Waals surface area (Å²) in [5.74, 6) is 0.1000. The highest BCUT2D eigenvalue weighted by Gasteiger charge is 2.24. The van der Waals surface area contributed by atoms with Crippen molar-refractivity contribution in [3.05, 3.63) is 12.3 Å². The molecular weight excluding hydrogens is 180 g/mol. The zero-order valence-corrected chi connectivity index (χ0v) is 8.86.